The van der Waals surface area contributed by atoms with E-state index in [1.807, 2.05) is 30.3 Å². The number of aromatic hydroxyl groups is 1. The molecule has 0 fully saturated rings. The van der Waals surface area contributed by atoms with Crippen LogP contribution in [0.5, 0.6) is 11.6 Å². The summed E-state index contributed by atoms with van der Waals surface area (Å²) >= 11 is 5.11. The highest BCUT2D eigenvalue weighted by Gasteiger charge is 2.14. The van der Waals surface area contributed by atoms with Crippen LogP contribution < -0.4 is 26.7 Å². The van der Waals surface area contributed by atoms with Crippen LogP contribution in [0.1, 0.15) is 5.56 Å². The van der Waals surface area contributed by atoms with Gasteiger partial charge in [-0.3, -0.25) is 15.2 Å². The maximum Gasteiger partial charge on any atom is 0.335 e. The first kappa shape index (κ1) is 19.8. The van der Waals surface area contributed by atoms with E-state index in [-0.39, 0.29) is 10.7 Å². The van der Waals surface area contributed by atoms with E-state index in [2.05, 4.69) is 20.8 Å². The van der Waals surface area contributed by atoms with Crippen LogP contribution in [0.25, 0.3) is 5.69 Å². The van der Waals surface area contributed by atoms with E-state index >= 15 is 0 Å². The van der Waals surface area contributed by atoms with Crippen LogP contribution >= 0.6 is 12.2 Å². The molecule has 9 nitrogen and oxygen atoms in total. The van der Waals surface area contributed by atoms with Gasteiger partial charge in [-0.15, -0.1) is 0 Å². The lowest BCUT2D eigenvalue weighted by molar-refractivity contribution is 0.412. The molecule has 1 aromatic heterocycles. The number of H-pyrrole nitrogens is 1. The van der Waals surface area contributed by atoms with Gasteiger partial charge in [0.15, 0.2) is 5.11 Å². The monoisotopic (exact) mass is 411 g/mol. The number of aromatic nitrogens is 2. The molecule has 3 rings (SSSR count). The highest BCUT2D eigenvalue weighted by Crippen LogP contribution is 2.19. The summed E-state index contributed by atoms with van der Waals surface area (Å²) in [6.07, 6.45) is 1.07. The number of benzene rings is 2. The molecule has 0 aliphatic carbocycles. The molecule has 0 bridgehead atoms. The minimum atomic E-state index is -0.799. The summed E-state index contributed by atoms with van der Waals surface area (Å²) < 4.78 is 6.06. The van der Waals surface area contributed by atoms with Crippen LogP contribution in [-0.2, 0) is 0 Å². The normalized spacial score (nSPS) is 10.7. The van der Waals surface area contributed by atoms with Gasteiger partial charge in [-0.1, -0.05) is 24.3 Å². The zero-order chi connectivity index (χ0) is 20.8. The number of anilines is 1. The summed E-state index contributed by atoms with van der Waals surface area (Å²) in [7, 11) is 1.48. The first-order valence-corrected chi connectivity index (χ1v) is 8.78. The lowest BCUT2D eigenvalue weighted by atomic mass is 10.2. The van der Waals surface area contributed by atoms with Gasteiger partial charge >= 0.3 is 5.69 Å². The second-order valence-corrected chi connectivity index (χ2v) is 6.13. The molecule has 148 valence electrons. The predicted molar refractivity (Wildman–Crippen MR) is 114 cm³/mol. The van der Waals surface area contributed by atoms with E-state index in [1.165, 1.54) is 13.2 Å². The van der Waals surface area contributed by atoms with E-state index in [1.54, 1.807) is 18.2 Å². The molecule has 0 atom stereocenters. The molecule has 3 aromatic rings. The zero-order valence-corrected chi connectivity index (χ0v) is 16.1. The van der Waals surface area contributed by atoms with Crippen molar-refractivity contribution in [1.82, 2.24) is 15.0 Å². The Kier molecular flexibility index (Phi) is 6.05. The van der Waals surface area contributed by atoms with Gasteiger partial charge in [0.25, 0.3) is 5.56 Å². The number of ether oxygens (including phenoxy) is 1. The number of methoxy groups -OCH3 is 1. The lowest BCUT2D eigenvalue weighted by Crippen LogP contribution is -2.32. The van der Waals surface area contributed by atoms with Gasteiger partial charge < -0.3 is 15.2 Å². The predicted octanol–water partition coefficient (Wildman–Crippen LogP) is 1.56. The molecule has 0 saturated heterocycles. The minimum absolute atomic E-state index is 0.185. The second kappa shape index (κ2) is 8.85. The number of aromatic amines is 1. The zero-order valence-electron chi connectivity index (χ0n) is 15.2. The Morgan fingerprint density at radius 3 is 2.69 bits per heavy atom. The lowest BCUT2D eigenvalue weighted by Gasteiger charge is -2.11. The summed E-state index contributed by atoms with van der Waals surface area (Å²) in [5, 5.41) is 17.5. The average Bonchev–Trinajstić information content (AvgIpc) is 2.71. The van der Waals surface area contributed by atoms with Crippen molar-refractivity contribution in [2.75, 3.05) is 12.4 Å². The van der Waals surface area contributed by atoms with Gasteiger partial charge in [0.1, 0.15) is 11.3 Å². The summed E-state index contributed by atoms with van der Waals surface area (Å²) in [6.45, 7) is 0. The molecule has 10 heteroatoms. The maximum atomic E-state index is 12.2. The van der Waals surface area contributed by atoms with E-state index in [0.717, 1.165) is 16.5 Å². The van der Waals surface area contributed by atoms with Crippen molar-refractivity contribution in [3.8, 4) is 17.3 Å². The van der Waals surface area contributed by atoms with Crippen LogP contribution in [0.4, 0.5) is 5.69 Å². The molecule has 0 unspecified atom stereocenters. The number of hydrogen-bond acceptors (Lipinski definition) is 6. The molecule has 0 saturated carbocycles. The number of thiocarbonyl (C=S) groups is 1. The van der Waals surface area contributed by atoms with E-state index < -0.39 is 17.1 Å². The molecular formula is C19H17N5O4S. The van der Waals surface area contributed by atoms with Gasteiger partial charge in [0.2, 0.25) is 5.88 Å². The van der Waals surface area contributed by atoms with Crippen molar-refractivity contribution in [1.29, 1.82) is 0 Å². The molecule has 0 radical (unpaired) electrons. The van der Waals surface area contributed by atoms with Crippen molar-refractivity contribution in [3.63, 3.8) is 0 Å². The van der Waals surface area contributed by atoms with Gasteiger partial charge in [-0.2, -0.15) is 5.10 Å². The number of nitrogens with zero attached hydrogens (tertiary/aromatic N) is 2. The number of rotatable bonds is 5. The van der Waals surface area contributed by atoms with E-state index in [9.17, 15) is 14.7 Å². The third-order valence-corrected chi connectivity index (χ3v) is 4.02. The molecule has 0 aliphatic heterocycles. The summed E-state index contributed by atoms with van der Waals surface area (Å²) in [6, 6.07) is 15.6. The Labute approximate surface area is 170 Å². The van der Waals surface area contributed by atoms with Gasteiger partial charge in [0.05, 0.1) is 19.0 Å². The summed E-state index contributed by atoms with van der Waals surface area (Å²) in [5.74, 6) is -0.0892. The fourth-order valence-electron chi connectivity index (χ4n) is 2.48. The van der Waals surface area contributed by atoms with Crippen LogP contribution in [0, 0.1) is 0 Å². The largest absolute Gasteiger partial charge is 0.497 e. The van der Waals surface area contributed by atoms with Gasteiger partial charge in [-0.05, 0) is 36.5 Å². The van der Waals surface area contributed by atoms with Crippen LogP contribution in [0.3, 0.4) is 0 Å². The Morgan fingerprint density at radius 1 is 1.21 bits per heavy atom. The van der Waals surface area contributed by atoms with Crippen molar-refractivity contribution in [3.05, 3.63) is 81.0 Å². The van der Waals surface area contributed by atoms with Crippen LogP contribution in [0.15, 0.2) is 69.3 Å². The first-order chi connectivity index (χ1) is 14.0. The van der Waals surface area contributed by atoms with Crippen molar-refractivity contribution < 1.29 is 9.84 Å². The Bertz CT molecular complexity index is 1170. The third kappa shape index (κ3) is 4.68. The topological polar surface area (TPSA) is 121 Å². The van der Waals surface area contributed by atoms with Crippen molar-refractivity contribution in [2.45, 2.75) is 0 Å². The third-order valence-electron chi connectivity index (χ3n) is 3.82. The van der Waals surface area contributed by atoms with Crippen molar-refractivity contribution in [2.24, 2.45) is 5.10 Å². The van der Waals surface area contributed by atoms with E-state index in [4.69, 9.17) is 17.0 Å². The molecule has 0 aliphatic rings. The second-order valence-electron chi connectivity index (χ2n) is 5.72. The Balaban J connectivity index is 1.86. The summed E-state index contributed by atoms with van der Waals surface area (Å²) in [5.41, 5.74) is 1.80. The fourth-order valence-corrected chi connectivity index (χ4v) is 2.65. The Morgan fingerprint density at radius 2 is 1.97 bits per heavy atom. The molecular weight excluding hydrogens is 394 g/mol. The van der Waals surface area contributed by atoms with Crippen molar-refractivity contribution >= 4 is 29.2 Å². The Hall–Kier alpha value is -3.92. The van der Waals surface area contributed by atoms with Gasteiger partial charge in [-0.25, -0.2) is 9.36 Å². The molecule has 0 spiro atoms. The number of nitrogens with one attached hydrogen (secondary N) is 3. The molecule has 1 heterocycles. The van der Waals surface area contributed by atoms with Crippen LogP contribution in [-0.4, -0.2) is 33.1 Å². The highest BCUT2D eigenvalue weighted by molar-refractivity contribution is 7.80. The number of hydrazone groups is 1. The van der Waals surface area contributed by atoms with Gasteiger partial charge in [0, 0.05) is 11.8 Å². The standard InChI is InChI=1S/C19H17N5O4S/c1-28-14-9-5-8-13(10-14)24-17(26)15(16(25)22-19(24)27)11-20-23-18(29)21-12-6-3-2-4-7-12/h2-11,26H,1H3,(H2,21,23,29)(H,22,25,27)/b20-11+. The highest BCUT2D eigenvalue weighted by atomic mass is 32.1. The fraction of sp³-hybridized carbons (Fsp3) is 0.0526. The molecule has 2 aromatic carbocycles. The number of hydrogen-bond donors (Lipinski definition) is 4. The smallest absolute Gasteiger partial charge is 0.335 e. The van der Waals surface area contributed by atoms with E-state index in [0.29, 0.717) is 11.4 Å². The summed E-state index contributed by atoms with van der Waals surface area (Å²) in [4.78, 5) is 26.5. The minimum Gasteiger partial charge on any atom is -0.497 e. The molecule has 4 N–H and O–H groups in total. The number of para-hydroxylation sites is 1. The molecule has 29 heavy (non-hydrogen) atoms. The SMILES string of the molecule is COc1cccc(-n2c(O)c(/C=N/NC(=S)Nc3ccccc3)c(=O)[nH]c2=O)c1. The maximum absolute atomic E-state index is 12.2. The quantitative estimate of drug-likeness (QED) is 0.286. The average molecular weight is 411 g/mol. The van der Waals surface area contributed by atoms with Crippen LogP contribution in [0.2, 0.25) is 0 Å². The first-order valence-electron chi connectivity index (χ1n) is 8.37. The molecule has 0 amide bonds.